The van der Waals surface area contributed by atoms with Crippen LogP contribution in [-0.2, 0) is 6.42 Å². The van der Waals surface area contributed by atoms with Gasteiger partial charge < -0.3 is 5.11 Å². The Morgan fingerprint density at radius 3 is 2.48 bits per heavy atom. The molecule has 2 unspecified atom stereocenters. The van der Waals surface area contributed by atoms with E-state index < -0.39 is 17.2 Å². The summed E-state index contributed by atoms with van der Waals surface area (Å²) in [6.45, 7) is 6.74. The molecule has 0 aliphatic heterocycles. The van der Waals surface area contributed by atoms with E-state index >= 15 is 0 Å². The average molecular weight is 296 g/mol. The van der Waals surface area contributed by atoms with Crippen LogP contribution < -0.4 is 0 Å². The first-order chi connectivity index (χ1) is 9.70. The molecule has 0 amide bonds. The van der Waals surface area contributed by atoms with Crippen LogP contribution in [0, 0.1) is 23.0 Å². The number of rotatable bonds is 2. The van der Waals surface area contributed by atoms with Crippen LogP contribution in [0.5, 0.6) is 0 Å². The molecule has 21 heavy (non-hydrogen) atoms. The molecule has 1 aliphatic rings. The second-order valence-electron chi connectivity index (χ2n) is 7.64. The topological polar surface area (TPSA) is 20.2 Å². The normalized spacial score (nSPS) is 27.4. The van der Waals surface area contributed by atoms with Crippen LogP contribution in [0.2, 0.25) is 0 Å². The summed E-state index contributed by atoms with van der Waals surface area (Å²) in [6, 6.07) is 3.92. The Morgan fingerprint density at radius 1 is 1.14 bits per heavy atom. The summed E-state index contributed by atoms with van der Waals surface area (Å²) in [6.07, 6.45) is 4.98. The predicted molar refractivity (Wildman–Crippen MR) is 81.0 cm³/mol. The number of hydrogen-bond donors (Lipinski definition) is 1. The van der Waals surface area contributed by atoms with Crippen LogP contribution in [-0.4, -0.2) is 10.7 Å². The third kappa shape index (κ3) is 4.26. The molecule has 2 atom stereocenters. The van der Waals surface area contributed by atoms with E-state index in [1.807, 2.05) is 0 Å². The van der Waals surface area contributed by atoms with Crippen LogP contribution in [0.15, 0.2) is 18.2 Å². The van der Waals surface area contributed by atoms with Gasteiger partial charge in [0.1, 0.15) is 0 Å². The molecule has 0 spiro atoms. The molecule has 1 nitrogen and oxygen atoms in total. The first kappa shape index (κ1) is 16.4. The smallest absolute Gasteiger partial charge is 0.159 e. The zero-order valence-electron chi connectivity index (χ0n) is 13.3. The van der Waals surface area contributed by atoms with E-state index in [0.29, 0.717) is 17.9 Å². The van der Waals surface area contributed by atoms with Gasteiger partial charge in [-0.2, -0.15) is 0 Å². The van der Waals surface area contributed by atoms with Gasteiger partial charge in [0.15, 0.2) is 11.6 Å². The zero-order valence-corrected chi connectivity index (χ0v) is 13.3. The molecule has 0 bridgehead atoms. The maximum Gasteiger partial charge on any atom is 0.159 e. The average Bonchev–Trinajstić information content (AvgIpc) is 2.55. The Labute approximate surface area is 126 Å². The minimum Gasteiger partial charge on any atom is -0.390 e. The van der Waals surface area contributed by atoms with Gasteiger partial charge in [-0.15, -0.1) is 0 Å². The van der Waals surface area contributed by atoms with Crippen LogP contribution in [0.25, 0.3) is 0 Å². The van der Waals surface area contributed by atoms with Crippen molar-refractivity contribution in [1.29, 1.82) is 0 Å². The van der Waals surface area contributed by atoms with Gasteiger partial charge in [-0.25, -0.2) is 8.78 Å². The number of benzene rings is 1. The van der Waals surface area contributed by atoms with Crippen molar-refractivity contribution in [2.24, 2.45) is 11.3 Å². The molecule has 0 saturated heterocycles. The van der Waals surface area contributed by atoms with Crippen molar-refractivity contribution in [3.05, 3.63) is 35.4 Å². The van der Waals surface area contributed by atoms with E-state index in [2.05, 4.69) is 20.8 Å². The van der Waals surface area contributed by atoms with Crippen molar-refractivity contribution < 1.29 is 13.9 Å². The molecule has 0 radical (unpaired) electrons. The SMILES string of the molecule is CC(C)(C)C1CCCC(O)(Cc2ccc(F)c(F)c2)CC1. The second kappa shape index (κ2) is 6.04. The lowest BCUT2D eigenvalue weighted by molar-refractivity contribution is 0.0225. The van der Waals surface area contributed by atoms with E-state index in [4.69, 9.17) is 0 Å². The van der Waals surface area contributed by atoms with Gasteiger partial charge in [0.05, 0.1) is 5.60 Å². The lowest BCUT2D eigenvalue weighted by atomic mass is 9.76. The maximum atomic E-state index is 13.3. The summed E-state index contributed by atoms with van der Waals surface area (Å²) in [4.78, 5) is 0. The van der Waals surface area contributed by atoms with Crippen molar-refractivity contribution in [2.75, 3.05) is 0 Å². The van der Waals surface area contributed by atoms with Gasteiger partial charge in [-0.1, -0.05) is 33.3 Å². The van der Waals surface area contributed by atoms with Gasteiger partial charge in [-0.05, 0) is 54.7 Å². The van der Waals surface area contributed by atoms with Crippen molar-refractivity contribution in [3.8, 4) is 0 Å². The fourth-order valence-electron chi connectivity index (χ4n) is 3.46. The summed E-state index contributed by atoms with van der Waals surface area (Å²) in [7, 11) is 0. The Bertz CT molecular complexity index is 492. The predicted octanol–water partition coefficient (Wildman–Crippen LogP) is 4.86. The molecule has 0 heterocycles. The Kier molecular flexibility index (Phi) is 4.72. The van der Waals surface area contributed by atoms with Crippen LogP contribution in [0.1, 0.15) is 58.4 Å². The van der Waals surface area contributed by atoms with Gasteiger partial charge in [0.25, 0.3) is 0 Å². The summed E-state index contributed by atoms with van der Waals surface area (Å²) in [5.41, 5.74) is 0.142. The van der Waals surface area contributed by atoms with E-state index in [9.17, 15) is 13.9 Å². The molecule has 1 saturated carbocycles. The molecule has 1 aliphatic carbocycles. The molecular weight excluding hydrogens is 270 g/mol. The first-order valence-electron chi connectivity index (χ1n) is 7.86. The Balaban J connectivity index is 2.06. The number of aliphatic hydroxyl groups is 1. The van der Waals surface area contributed by atoms with Gasteiger partial charge >= 0.3 is 0 Å². The molecule has 0 aromatic heterocycles. The Hall–Kier alpha value is -0.960. The number of halogens is 2. The fraction of sp³-hybridized carbons (Fsp3) is 0.667. The molecule has 1 aromatic rings. The molecule has 1 N–H and O–H groups in total. The van der Waals surface area contributed by atoms with Crippen LogP contribution in [0.3, 0.4) is 0 Å². The number of hydrogen-bond acceptors (Lipinski definition) is 1. The molecule has 3 heteroatoms. The van der Waals surface area contributed by atoms with Gasteiger partial charge in [0.2, 0.25) is 0 Å². The van der Waals surface area contributed by atoms with Crippen LogP contribution >= 0.6 is 0 Å². The third-order valence-corrected chi connectivity index (χ3v) is 4.89. The molecule has 1 aromatic carbocycles. The molecular formula is C18H26F2O. The fourth-order valence-corrected chi connectivity index (χ4v) is 3.46. The molecule has 1 fully saturated rings. The van der Waals surface area contributed by atoms with Gasteiger partial charge in [0, 0.05) is 6.42 Å². The van der Waals surface area contributed by atoms with E-state index in [-0.39, 0.29) is 5.41 Å². The monoisotopic (exact) mass is 296 g/mol. The first-order valence-corrected chi connectivity index (χ1v) is 7.86. The maximum absolute atomic E-state index is 13.3. The summed E-state index contributed by atoms with van der Waals surface area (Å²) in [5.74, 6) is -1.06. The van der Waals surface area contributed by atoms with Crippen molar-refractivity contribution in [2.45, 2.75) is 64.9 Å². The largest absolute Gasteiger partial charge is 0.390 e. The van der Waals surface area contributed by atoms with Gasteiger partial charge in [-0.3, -0.25) is 0 Å². The lowest BCUT2D eigenvalue weighted by Gasteiger charge is -2.31. The minimum absolute atomic E-state index is 0.257. The lowest BCUT2D eigenvalue weighted by Crippen LogP contribution is -2.31. The summed E-state index contributed by atoms with van der Waals surface area (Å²) >= 11 is 0. The third-order valence-electron chi connectivity index (χ3n) is 4.89. The van der Waals surface area contributed by atoms with Crippen molar-refractivity contribution >= 4 is 0 Å². The van der Waals surface area contributed by atoms with Crippen molar-refractivity contribution in [1.82, 2.24) is 0 Å². The highest BCUT2D eigenvalue weighted by molar-refractivity contribution is 5.20. The Morgan fingerprint density at radius 2 is 1.86 bits per heavy atom. The molecule has 118 valence electrons. The second-order valence-corrected chi connectivity index (χ2v) is 7.64. The highest BCUT2D eigenvalue weighted by Crippen LogP contribution is 2.40. The van der Waals surface area contributed by atoms with Crippen LogP contribution in [0.4, 0.5) is 8.78 Å². The van der Waals surface area contributed by atoms with E-state index in [0.717, 1.165) is 38.2 Å². The van der Waals surface area contributed by atoms with E-state index in [1.54, 1.807) is 6.07 Å². The summed E-state index contributed by atoms with van der Waals surface area (Å²) < 4.78 is 26.3. The zero-order chi connectivity index (χ0) is 15.7. The van der Waals surface area contributed by atoms with E-state index in [1.165, 1.54) is 6.07 Å². The highest BCUT2D eigenvalue weighted by atomic mass is 19.2. The molecule has 2 rings (SSSR count). The quantitative estimate of drug-likeness (QED) is 0.772. The summed E-state index contributed by atoms with van der Waals surface area (Å²) in [5, 5.41) is 10.8. The minimum atomic E-state index is -0.836. The standard InChI is InChI=1S/C18H26F2O/c1-17(2,3)14-5-4-9-18(21,10-8-14)12-13-6-7-15(19)16(20)11-13/h6-7,11,14,21H,4-5,8-10,12H2,1-3H3. The van der Waals surface area contributed by atoms with Crippen molar-refractivity contribution in [3.63, 3.8) is 0 Å². The highest BCUT2D eigenvalue weighted by Gasteiger charge is 2.34.